The standard InChI is InChI=1S/C20H17ClN4/c1-13-5-2-3-6-15(13)10-22-19-18-17(11-23-20(18)25-12-24-19)14-7-4-8-16(21)9-14/h2-9,11-12H,10H2,1H3,(H2,22,23,24,25). The zero-order valence-electron chi connectivity index (χ0n) is 13.8. The van der Waals surface area contributed by atoms with Crippen molar-refractivity contribution in [1.82, 2.24) is 15.0 Å². The van der Waals surface area contributed by atoms with E-state index in [9.17, 15) is 0 Å². The second-order valence-corrected chi connectivity index (χ2v) is 6.38. The van der Waals surface area contributed by atoms with Gasteiger partial charge in [0.1, 0.15) is 17.8 Å². The van der Waals surface area contributed by atoms with E-state index in [0.717, 1.165) is 28.0 Å². The number of aryl methyl sites for hydroxylation is 1. The number of nitrogens with zero attached hydrogens (tertiary/aromatic N) is 2. The smallest absolute Gasteiger partial charge is 0.143 e. The second kappa shape index (κ2) is 6.57. The molecule has 0 spiro atoms. The van der Waals surface area contributed by atoms with Crippen LogP contribution in [0.3, 0.4) is 0 Å². The van der Waals surface area contributed by atoms with Crippen molar-refractivity contribution < 1.29 is 0 Å². The van der Waals surface area contributed by atoms with Crippen molar-refractivity contribution in [3.8, 4) is 11.1 Å². The van der Waals surface area contributed by atoms with Crippen LogP contribution in [0.2, 0.25) is 5.02 Å². The number of anilines is 1. The van der Waals surface area contributed by atoms with Crippen LogP contribution in [-0.4, -0.2) is 15.0 Å². The van der Waals surface area contributed by atoms with Gasteiger partial charge in [-0.2, -0.15) is 0 Å². The van der Waals surface area contributed by atoms with E-state index in [4.69, 9.17) is 11.6 Å². The molecule has 2 aromatic carbocycles. The average molecular weight is 349 g/mol. The Morgan fingerprint density at radius 2 is 1.96 bits per heavy atom. The van der Waals surface area contributed by atoms with E-state index in [1.807, 2.05) is 42.6 Å². The summed E-state index contributed by atoms with van der Waals surface area (Å²) in [7, 11) is 0. The first-order chi connectivity index (χ1) is 12.2. The number of benzene rings is 2. The van der Waals surface area contributed by atoms with E-state index in [-0.39, 0.29) is 0 Å². The van der Waals surface area contributed by atoms with Crippen molar-refractivity contribution >= 4 is 28.5 Å². The lowest BCUT2D eigenvalue weighted by atomic mass is 10.1. The molecule has 2 N–H and O–H groups in total. The number of fused-ring (bicyclic) bond motifs is 1. The van der Waals surface area contributed by atoms with Crippen LogP contribution in [0.25, 0.3) is 22.2 Å². The number of H-pyrrole nitrogens is 1. The summed E-state index contributed by atoms with van der Waals surface area (Å²) in [6, 6.07) is 16.1. The topological polar surface area (TPSA) is 53.6 Å². The average Bonchev–Trinajstić information content (AvgIpc) is 3.06. The van der Waals surface area contributed by atoms with Crippen LogP contribution in [0.15, 0.2) is 61.1 Å². The van der Waals surface area contributed by atoms with E-state index in [1.54, 1.807) is 6.33 Å². The Bertz CT molecular complexity index is 1040. The summed E-state index contributed by atoms with van der Waals surface area (Å²) in [5.41, 5.74) is 5.37. The Labute approximate surface area is 150 Å². The van der Waals surface area contributed by atoms with Gasteiger partial charge in [0.15, 0.2) is 0 Å². The van der Waals surface area contributed by atoms with Gasteiger partial charge in [-0.25, -0.2) is 9.97 Å². The van der Waals surface area contributed by atoms with Crippen LogP contribution in [0.5, 0.6) is 0 Å². The monoisotopic (exact) mass is 348 g/mol. The molecule has 0 saturated heterocycles. The highest BCUT2D eigenvalue weighted by Gasteiger charge is 2.13. The zero-order valence-corrected chi connectivity index (χ0v) is 14.5. The number of halogens is 1. The Kier molecular flexibility index (Phi) is 4.12. The molecule has 0 atom stereocenters. The molecule has 4 aromatic rings. The van der Waals surface area contributed by atoms with Crippen molar-refractivity contribution in [2.45, 2.75) is 13.5 Å². The minimum Gasteiger partial charge on any atom is -0.365 e. The van der Waals surface area contributed by atoms with Gasteiger partial charge in [0.2, 0.25) is 0 Å². The van der Waals surface area contributed by atoms with E-state index >= 15 is 0 Å². The van der Waals surface area contributed by atoms with Gasteiger partial charge in [0, 0.05) is 23.3 Å². The Morgan fingerprint density at radius 1 is 1.08 bits per heavy atom. The molecule has 5 heteroatoms. The first-order valence-electron chi connectivity index (χ1n) is 8.09. The molecule has 25 heavy (non-hydrogen) atoms. The van der Waals surface area contributed by atoms with Crippen molar-refractivity contribution in [3.05, 3.63) is 77.2 Å². The summed E-state index contributed by atoms with van der Waals surface area (Å²) in [5.74, 6) is 0.810. The molecular weight excluding hydrogens is 332 g/mol. The SMILES string of the molecule is Cc1ccccc1CNc1ncnc2[nH]cc(-c3cccc(Cl)c3)c12. The van der Waals surface area contributed by atoms with Gasteiger partial charge in [0.05, 0.1) is 5.39 Å². The quantitative estimate of drug-likeness (QED) is 0.533. The maximum atomic E-state index is 6.15. The largest absolute Gasteiger partial charge is 0.365 e. The summed E-state index contributed by atoms with van der Waals surface area (Å²) >= 11 is 6.15. The molecule has 0 aliphatic carbocycles. The summed E-state index contributed by atoms with van der Waals surface area (Å²) in [4.78, 5) is 12.0. The normalized spacial score (nSPS) is 11.0. The molecular formula is C20H17ClN4. The maximum Gasteiger partial charge on any atom is 0.143 e. The Morgan fingerprint density at radius 3 is 2.80 bits per heavy atom. The zero-order chi connectivity index (χ0) is 17.2. The molecule has 0 saturated carbocycles. The van der Waals surface area contributed by atoms with Crippen LogP contribution in [0.4, 0.5) is 5.82 Å². The van der Waals surface area contributed by atoms with Gasteiger partial charge >= 0.3 is 0 Å². The second-order valence-electron chi connectivity index (χ2n) is 5.94. The molecule has 0 unspecified atom stereocenters. The lowest BCUT2D eigenvalue weighted by Gasteiger charge is -2.10. The molecule has 0 fully saturated rings. The molecule has 0 bridgehead atoms. The maximum absolute atomic E-state index is 6.15. The number of nitrogens with one attached hydrogen (secondary N) is 2. The summed E-state index contributed by atoms with van der Waals surface area (Å²) in [6.45, 7) is 2.82. The number of hydrogen-bond donors (Lipinski definition) is 2. The first kappa shape index (κ1) is 15.7. The minimum absolute atomic E-state index is 0.707. The van der Waals surface area contributed by atoms with Gasteiger partial charge in [-0.15, -0.1) is 0 Å². The molecule has 0 amide bonds. The van der Waals surface area contributed by atoms with Gasteiger partial charge in [-0.05, 0) is 35.7 Å². The highest BCUT2D eigenvalue weighted by molar-refractivity contribution is 6.31. The predicted molar refractivity (Wildman–Crippen MR) is 103 cm³/mol. The highest BCUT2D eigenvalue weighted by Crippen LogP contribution is 2.33. The lowest BCUT2D eigenvalue weighted by Crippen LogP contribution is -2.03. The lowest BCUT2D eigenvalue weighted by molar-refractivity contribution is 1.08. The number of aromatic nitrogens is 3. The number of hydrogen-bond acceptors (Lipinski definition) is 3. The van der Waals surface area contributed by atoms with Crippen LogP contribution in [0, 0.1) is 6.92 Å². The Hall–Kier alpha value is -2.85. The highest BCUT2D eigenvalue weighted by atomic mass is 35.5. The predicted octanol–water partition coefficient (Wildman–Crippen LogP) is 5.20. The van der Waals surface area contributed by atoms with Crippen molar-refractivity contribution in [1.29, 1.82) is 0 Å². The summed E-state index contributed by atoms with van der Waals surface area (Å²) in [5, 5.41) is 5.13. The third kappa shape index (κ3) is 3.08. The van der Waals surface area contributed by atoms with Crippen molar-refractivity contribution in [2.24, 2.45) is 0 Å². The third-order valence-corrected chi connectivity index (χ3v) is 4.55. The third-order valence-electron chi connectivity index (χ3n) is 4.31. The first-order valence-corrected chi connectivity index (χ1v) is 8.46. The van der Waals surface area contributed by atoms with E-state index in [1.165, 1.54) is 11.1 Å². The fourth-order valence-electron chi connectivity index (χ4n) is 2.97. The molecule has 0 radical (unpaired) electrons. The van der Waals surface area contributed by atoms with Crippen molar-refractivity contribution in [2.75, 3.05) is 5.32 Å². The summed E-state index contributed by atoms with van der Waals surface area (Å²) in [6.07, 6.45) is 3.52. The van der Waals surface area contributed by atoms with Crippen LogP contribution in [0.1, 0.15) is 11.1 Å². The van der Waals surface area contributed by atoms with Gasteiger partial charge in [-0.3, -0.25) is 0 Å². The molecule has 4 rings (SSSR count). The van der Waals surface area contributed by atoms with Crippen molar-refractivity contribution in [3.63, 3.8) is 0 Å². The Balaban J connectivity index is 1.74. The fraction of sp³-hybridized carbons (Fsp3) is 0.100. The fourth-order valence-corrected chi connectivity index (χ4v) is 3.16. The summed E-state index contributed by atoms with van der Waals surface area (Å²) < 4.78 is 0. The van der Waals surface area contributed by atoms with E-state index < -0.39 is 0 Å². The molecule has 0 aliphatic heterocycles. The molecule has 2 aromatic heterocycles. The van der Waals surface area contributed by atoms with Crippen LogP contribution >= 0.6 is 11.6 Å². The van der Waals surface area contributed by atoms with Crippen LogP contribution in [-0.2, 0) is 6.54 Å². The van der Waals surface area contributed by atoms with Gasteiger partial charge in [0.25, 0.3) is 0 Å². The number of aromatic amines is 1. The minimum atomic E-state index is 0.707. The molecule has 124 valence electrons. The molecule has 0 aliphatic rings. The van der Waals surface area contributed by atoms with Crippen LogP contribution < -0.4 is 5.32 Å². The molecule has 2 heterocycles. The van der Waals surface area contributed by atoms with Gasteiger partial charge < -0.3 is 10.3 Å². The molecule has 4 nitrogen and oxygen atoms in total. The van der Waals surface area contributed by atoms with Gasteiger partial charge in [-0.1, -0.05) is 48.0 Å². The van der Waals surface area contributed by atoms with E-state index in [0.29, 0.717) is 11.6 Å². The van der Waals surface area contributed by atoms with E-state index in [2.05, 4.69) is 39.3 Å². The number of rotatable bonds is 4.